The van der Waals surface area contributed by atoms with E-state index in [0.717, 1.165) is 44.7 Å². The Bertz CT molecular complexity index is 531. The van der Waals surface area contributed by atoms with Crippen molar-refractivity contribution >= 4 is 11.9 Å². The van der Waals surface area contributed by atoms with Crippen LogP contribution >= 0.6 is 0 Å². The van der Waals surface area contributed by atoms with Crippen LogP contribution in [-0.4, -0.2) is 56.0 Å². The van der Waals surface area contributed by atoms with Crippen molar-refractivity contribution in [3.05, 3.63) is 0 Å². The van der Waals surface area contributed by atoms with Crippen molar-refractivity contribution in [3.8, 4) is 0 Å². The van der Waals surface area contributed by atoms with Crippen LogP contribution in [0, 0.1) is 5.92 Å². The van der Waals surface area contributed by atoms with E-state index in [1.165, 1.54) is 0 Å². The standard InChI is InChI=1S/C14H24N6O2/c1-14(22,10-3-4-10)9-12(21)15-11-5-7-20(8-6-11)13-16-17-18-19(13)2/h10-11,22H,3-9H2,1-2H3,(H,15,21). The number of rotatable bonds is 5. The maximum Gasteiger partial charge on any atom is 0.245 e. The van der Waals surface area contributed by atoms with E-state index in [1.54, 1.807) is 11.6 Å². The maximum atomic E-state index is 12.1. The summed E-state index contributed by atoms with van der Waals surface area (Å²) in [6.07, 6.45) is 3.99. The smallest absolute Gasteiger partial charge is 0.245 e. The molecule has 8 heteroatoms. The van der Waals surface area contributed by atoms with E-state index < -0.39 is 5.60 Å². The van der Waals surface area contributed by atoms with Gasteiger partial charge < -0.3 is 15.3 Å². The Labute approximate surface area is 129 Å². The molecule has 2 heterocycles. The summed E-state index contributed by atoms with van der Waals surface area (Å²) in [6, 6.07) is 0.167. The summed E-state index contributed by atoms with van der Waals surface area (Å²) < 4.78 is 1.66. The van der Waals surface area contributed by atoms with Gasteiger partial charge in [-0.05, 0) is 49.0 Å². The number of amides is 1. The molecule has 8 nitrogen and oxygen atoms in total. The molecule has 1 aliphatic heterocycles. The van der Waals surface area contributed by atoms with Gasteiger partial charge >= 0.3 is 0 Å². The second kappa shape index (κ2) is 5.83. The Morgan fingerprint density at radius 1 is 1.36 bits per heavy atom. The summed E-state index contributed by atoms with van der Waals surface area (Å²) in [5, 5.41) is 24.8. The fourth-order valence-corrected chi connectivity index (χ4v) is 3.17. The third kappa shape index (κ3) is 3.37. The first kappa shape index (κ1) is 15.2. The molecule has 1 atom stereocenters. The minimum absolute atomic E-state index is 0.0457. The minimum Gasteiger partial charge on any atom is -0.389 e. The molecule has 22 heavy (non-hydrogen) atoms. The molecule has 2 N–H and O–H groups in total. The molecule has 3 rings (SSSR count). The van der Waals surface area contributed by atoms with Crippen LogP contribution in [0.4, 0.5) is 5.95 Å². The van der Waals surface area contributed by atoms with Crippen molar-refractivity contribution in [2.45, 2.75) is 50.7 Å². The van der Waals surface area contributed by atoms with Crippen LogP contribution in [0.5, 0.6) is 0 Å². The Morgan fingerprint density at radius 3 is 2.59 bits per heavy atom. The zero-order chi connectivity index (χ0) is 15.7. The highest BCUT2D eigenvalue weighted by Crippen LogP contribution is 2.41. The van der Waals surface area contributed by atoms with Gasteiger partial charge in [-0.25, -0.2) is 4.68 Å². The van der Waals surface area contributed by atoms with Gasteiger partial charge in [0, 0.05) is 26.2 Å². The molecule has 0 spiro atoms. The fraction of sp³-hybridized carbons (Fsp3) is 0.857. The van der Waals surface area contributed by atoms with Crippen molar-refractivity contribution in [2.75, 3.05) is 18.0 Å². The number of hydrogen-bond donors (Lipinski definition) is 2. The van der Waals surface area contributed by atoms with E-state index >= 15 is 0 Å². The molecule has 1 aliphatic carbocycles. The fourth-order valence-electron chi connectivity index (χ4n) is 3.17. The van der Waals surface area contributed by atoms with Crippen LogP contribution in [-0.2, 0) is 11.8 Å². The lowest BCUT2D eigenvalue weighted by molar-refractivity contribution is -0.127. The molecule has 1 unspecified atom stereocenters. The van der Waals surface area contributed by atoms with E-state index in [2.05, 4.69) is 25.7 Å². The molecule has 1 saturated carbocycles. The molecular weight excluding hydrogens is 284 g/mol. The SMILES string of the molecule is Cn1nnnc1N1CCC(NC(=O)CC(C)(O)C2CC2)CC1. The molecule has 1 amide bonds. The van der Waals surface area contributed by atoms with Crippen molar-refractivity contribution in [2.24, 2.45) is 13.0 Å². The summed E-state index contributed by atoms with van der Waals surface area (Å²) in [6.45, 7) is 3.41. The quantitative estimate of drug-likeness (QED) is 0.785. The van der Waals surface area contributed by atoms with E-state index in [1.807, 2.05) is 7.05 Å². The highest BCUT2D eigenvalue weighted by atomic mass is 16.3. The molecule has 2 aliphatic rings. The van der Waals surface area contributed by atoms with Crippen molar-refractivity contribution < 1.29 is 9.90 Å². The molecular formula is C14H24N6O2. The molecule has 1 saturated heterocycles. The summed E-state index contributed by atoms with van der Waals surface area (Å²) in [7, 11) is 1.82. The molecule has 1 aromatic rings. The average Bonchev–Trinajstić information content (AvgIpc) is 3.23. The monoisotopic (exact) mass is 308 g/mol. The van der Waals surface area contributed by atoms with Gasteiger partial charge in [0.25, 0.3) is 0 Å². The highest BCUT2D eigenvalue weighted by molar-refractivity contribution is 5.77. The number of piperidine rings is 1. The third-order valence-electron chi connectivity index (χ3n) is 4.72. The van der Waals surface area contributed by atoms with Gasteiger partial charge in [-0.3, -0.25) is 4.79 Å². The number of aromatic nitrogens is 4. The van der Waals surface area contributed by atoms with Crippen LogP contribution < -0.4 is 10.2 Å². The van der Waals surface area contributed by atoms with Crippen molar-refractivity contribution in [1.82, 2.24) is 25.5 Å². The number of nitrogens with zero attached hydrogens (tertiary/aromatic N) is 5. The molecule has 0 bridgehead atoms. The number of carbonyl (C=O) groups excluding carboxylic acids is 1. The normalized spacial score (nSPS) is 22.4. The van der Waals surface area contributed by atoms with Gasteiger partial charge in [0.1, 0.15) is 0 Å². The Balaban J connectivity index is 1.45. The molecule has 122 valence electrons. The molecule has 2 fully saturated rings. The minimum atomic E-state index is -0.852. The second-order valence-corrected chi connectivity index (χ2v) is 6.74. The number of carbonyl (C=O) groups is 1. The van der Waals surface area contributed by atoms with Crippen LogP contribution in [0.3, 0.4) is 0 Å². The van der Waals surface area contributed by atoms with Gasteiger partial charge in [-0.1, -0.05) is 5.10 Å². The third-order valence-corrected chi connectivity index (χ3v) is 4.72. The Hall–Kier alpha value is -1.70. The van der Waals surface area contributed by atoms with Gasteiger partial charge in [0.2, 0.25) is 11.9 Å². The lowest BCUT2D eigenvalue weighted by Crippen LogP contribution is -2.47. The van der Waals surface area contributed by atoms with E-state index in [-0.39, 0.29) is 18.4 Å². The van der Waals surface area contributed by atoms with Crippen LogP contribution in [0.25, 0.3) is 0 Å². The average molecular weight is 308 g/mol. The summed E-state index contributed by atoms with van der Waals surface area (Å²) in [4.78, 5) is 14.2. The predicted molar refractivity (Wildman–Crippen MR) is 80.1 cm³/mol. The van der Waals surface area contributed by atoms with Gasteiger partial charge in [0.05, 0.1) is 12.0 Å². The number of anilines is 1. The number of nitrogens with one attached hydrogen (secondary N) is 1. The highest BCUT2D eigenvalue weighted by Gasteiger charge is 2.41. The second-order valence-electron chi connectivity index (χ2n) is 6.74. The number of aliphatic hydroxyl groups is 1. The lowest BCUT2D eigenvalue weighted by Gasteiger charge is -2.33. The van der Waals surface area contributed by atoms with Crippen LogP contribution in [0.15, 0.2) is 0 Å². The number of aryl methyl sites for hydroxylation is 1. The van der Waals surface area contributed by atoms with Crippen LogP contribution in [0.1, 0.15) is 39.0 Å². The summed E-state index contributed by atoms with van der Waals surface area (Å²) in [5.41, 5.74) is -0.852. The van der Waals surface area contributed by atoms with E-state index in [4.69, 9.17) is 0 Å². The molecule has 0 aromatic carbocycles. The van der Waals surface area contributed by atoms with E-state index in [9.17, 15) is 9.90 Å². The van der Waals surface area contributed by atoms with Crippen molar-refractivity contribution in [3.63, 3.8) is 0 Å². The van der Waals surface area contributed by atoms with Crippen molar-refractivity contribution in [1.29, 1.82) is 0 Å². The topological polar surface area (TPSA) is 96.2 Å². The van der Waals surface area contributed by atoms with Gasteiger partial charge in [0.15, 0.2) is 0 Å². The summed E-state index contributed by atoms with van der Waals surface area (Å²) in [5.74, 6) is 1.01. The maximum absolute atomic E-state index is 12.1. The first-order valence-electron chi connectivity index (χ1n) is 7.95. The Morgan fingerprint density at radius 2 is 2.05 bits per heavy atom. The van der Waals surface area contributed by atoms with Crippen LogP contribution in [0.2, 0.25) is 0 Å². The first-order chi connectivity index (χ1) is 10.5. The summed E-state index contributed by atoms with van der Waals surface area (Å²) >= 11 is 0. The zero-order valence-corrected chi connectivity index (χ0v) is 13.2. The zero-order valence-electron chi connectivity index (χ0n) is 13.2. The Kier molecular flexibility index (Phi) is 4.03. The predicted octanol–water partition coefficient (Wildman–Crippen LogP) is -0.154. The van der Waals surface area contributed by atoms with E-state index in [0.29, 0.717) is 5.92 Å². The van der Waals surface area contributed by atoms with Gasteiger partial charge in [-0.2, -0.15) is 0 Å². The molecule has 0 radical (unpaired) electrons. The number of hydrogen-bond acceptors (Lipinski definition) is 6. The lowest BCUT2D eigenvalue weighted by atomic mass is 9.95. The number of tetrazole rings is 1. The first-order valence-corrected chi connectivity index (χ1v) is 7.95. The largest absolute Gasteiger partial charge is 0.389 e. The molecule has 1 aromatic heterocycles. The van der Waals surface area contributed by atoms with Gasteiger partial charge in [-0.15, -0.1) is 0 Å².